The molecular weight excluding hydrogens is 1320 g/mol. The smallest absolute Gasteiger partial charge is 0.332 e. The zero-order chi connectivity index (χ0) is 68.9. The van der Waals surface area contributed by atoms with Gasteiger partial charge in [-0.05, 0) is 124 Å². The number of carboxylic acids is 1. The number of benzene rings is 3. The molecule has 0 spiro atoms. The van der Waals surface area contributed by atoms with Gasteiger partial charge in [0.25, 0.3) is 23.7 Å². The third kappa shape index (κ3) is 27.5. The SMILES string of the molecule is CC(C)C[C@H](C)C(O)C(=O)O.CC(C)C[C@H](NC(=O)[C@H](CCCN=C(N)N[N+](=O)[O-])NC(=O)C(CCCCCCCCN1C(=O)c2ccccc2C1=O)C1CCCC1)C(=O)C(=O)NCCNS(=O)(=O)c1ccc(Cl)c(Cl)c1.NCCNS(=O)(=O)c1ccc(Cl)c(Cl)c1. The second-order valence-electron chi connectivity index (χ2n) is 23.1. The normalized spacial score (nSPS) is 15.1. The van der Waals surface area contributed by atoms with E-state index < -0.39 is 72.8 Å². The van der Waals surface area contributed by atoms with Crippen molar-refractivity contribution in [2.45, 2.75) is 159 Å². The topological polar surface area (TPSA) is 411 Å². The molecule has 5 amide bonds. The summed E-state index contributed by atoms with van der Waals surface area (Å²) in [6.45, 7) is 9.57. The van der Waals surface area contributed by atoms with Crippen molar-refractivity contribution in [2.75, 3.05) is 39.3 Å². The molecule has 512 valence electrons. The summed E-state index contributed by atoms with van der Waals surface area (Å²) >= 11 is 23.2. The van der Waals surface area contributed by atoms with E-state index in [4.69, 9.17) is 68.1 Å². The number of Topliss-reactive ketones (excluding diaryl/α,β-unsaturated/α-hetero) is 1. The Balaban J connectivity index is 0.000000698. The Hall–Kier alpha value is -6.08. The predicted octanol–water partition coefficient (Wildman–Crippen LogP) is 7.03. The van der Waals surface area contributed by atoms with E-state index in [1.807, 2.05) is 13.8 Å². The minimum absolute atomic E-state index is 0.0255. The molecule has 1 aliphatic carbocycles. The van der Waals surface area contributed by atoms with Gasteiger partial charge in [0.1, 0.15) is 6.04 Å². The van der Waals surface area contributed by atoms with Gasteiger partial charge in [0, 0.05) is 45.2 Å². The van der Waals surface area contributed by atoms with E-state index in [0.717, 1.165) is 64.2 Å². The maximum Gasteiger partial charge on any atom is 0.332 e. The van der Waals surface area contributed by atoms with Crippen LogP contribution in [0.2, 0.25) is 20.1 Å². The number of ketones is 1. The summed E-state index contributed by atoms with van der Waals surface area (Å²) in [5.41, 5.74) is 13.4. The van der Waals surface area contributed by atoms with E-state index in [2.05, 4.69) is 30.4 Å². The summed E-state index contributed by atoms with van der Waals surface area (Å²) in [6, 6.07) is 12.2. The Morgan fingerprint density at radius 2 is 1.21 bits per heavy atom. The molecule has 0 saturated heterocycles. The van der Waals surface area contributed by atoms with Crippen LogP contribution in [0.25, 0.3) is 0 Å². The largest absolute Gasteiger partial charge is 0.479 e. The summed E-state index contributed by atoms with van der Waals surface area (Å²) < 4.78 is 53.2. The van der Waals surface area contributed by atoms with Gasteiger partial charge in [-0.15, -0.1) is 0 Å². The zero-order valence-corrected chi connectivity index (χ0v) is 56.9. The van der Waals surface area contributed by atoms with Gasteiger partial charge in [0.15, 0.2) is 11.1 Å². The number of amides is 5. The number of aliphatic hydroxyl groups excluding tert-OH is 1. The Kier molecular flexibility index (Phi) is 35.1. The first-order valence-corrected chi connectivity index (χ1v) is 34.9. The number of nitrogens with zero attached hydrogens (tertiary/aromatic N) is 3. The molecule has 26 nitrogen and oxygen atoms in total. The van der Waals surface area contributed by atoms with E-state index in [1.54, 1.807) is 50.5 Å². The number of guanidine groups is 1. The number of carbonyl (C=O) groups is 7. The molecule has 1 fully saturated rings. The van der Waals surface area contributed by atoms with E-state index in [1.165, 1.54) is 41.3 Å². The van der Waals surface area contributed by atoms with Crippen LogP contribution in [-0.4, -0.2) is 142 Å². The number of rotatable bonds is 36. The first kappa shape index (κ1) is 80.2. The van der Waals surface area contributed by atoms with Gasteiger partial charge in [-0.1, -0.05) is 144 Å². The van der Waals surface area contributed by atoms with Gasteiger partial charge >= 0.3 is 5.97 Å². The number of nitrogens with two attached hydrogens (primary N) is 2. The van der Waals surface area contributed by atoms with Crippen molar-refractivity contribution in [3.8, 4) is 0 Å². The third-order valence-electron chi connectivity index (χ3n) is 14.8. The van der Waals surface area contributed by atoms with Crippen LogP contribution in [0.3, 0.4) is 0 Å². The minimum atomic E-state index is -4.03. The first-order valence-electron chi connectivity index (χ1n) is 30.4. The van der Waals surface area contributed by atoms with E-state index in [-0.39, 0.29) is 118 Å². The Labute approximate surface area is 558 Å². The number of aliphatic carboxylic acids is 1. The number of aliphatic hydroxyl groups is 1. The van der Waals surface area contributed by atoms with Crippen LogP contribution in [0.1, 0.15) is 152 Å². The number of fused-ring (bicyclic) bond motifs is 1. The van der Waals surface area contributed by atoms with Crippen molar-refractivity contribution < 1.29 is 65.6 Å². The number of carbonyl (C=O) groups excluding carboxylic acids is 6. The quantitative estimate of drug-likeness (QED) is 0.00531. The lowest BCUT2D eigenvalue weighted by atomic mass is 9.85. The van der Waals surface area contributed by atoms with Crippen LogP contribution in [-0.2, 0) is 44.0 Å². The van der Waals surface area contributed by atoms with Crippen LogP contribution in [0, 0.1) is 39.7 Å². The maximum absolute atomic E-state index is 14.1. The van der Waals surface area contributed by atoms with Crippen molar-refractivity contribution in [1.29, 1.82) is 0 Å². The van der Waals surface area contributed by atoms with Crippen molar-refractivity contribution in [3.63, 3.8) is 0 Å². The van der Waals surface area contributed by atoms with Gasteiger partial charge in [-0.2, -0.15) is 0 Å². The number of nitrogens with one attached hydrogen (secondary N) is 6. The van der Waals surface area contributed by atoms with Crippen LogP contribution in [0.5, 0.6) is 0 Å². The highest BCUT2D eigenvalue weighted by atomic mass is 35.5. The number of hydrazine groups is 1. The molecule has 0 radical (unpaired) electrons. The molecule has 3 aromatic rings. The number of carboxylic acid groups (broad SMARTS) is 1. The Morgan fingerprint density at radius 3 is 1.71 bits per heavy atom. The van der Waals surface area contributed by atoms with Gasteiger partial charge in [0.2, 0.25) is 37.6 Å². The van der Waals surface area contributed by atoms with Gasteiger partial charge in [0.05, 0.1) is 47.1 Å². The lowest BCUT2D eigenvalue weighted by Crippen LogP contribution is -2.55. The number of hydrogen-bond donors (Lipinski definition) is 10. The maximum atomic E-state index is 14.1. The second-order valence-corrected chi connectivity index (χ2v) is 28.3. The van der Waals surface area contributed by atoms with Crippen molar-refractivity contribution in [1.82, 2.24) is 35.7 Å². The number of hydrogen-bond acceptors (Lipinski definition) is 16. The van der Waals surface area contributed by atoms with Crippen molar-refractivity contribution in [3.05, 3.63) is 102 Å². The third-order valence-corrected chi connectivity index (χ3v) is 19.2. The molecule has 1 heterocycles. The molecule has 0 bridgehead atoms. The van der Waals surface area contributed by atoms with E-state index in [0.29, 0.717) is 41.5 Å². The average Bonchev–Trinajstić information content (AvgIpc) is 1.63. The fraction of sp³-hybridized carbons (Fsp3) is 0.567. The summed E-state index contributed by atoms with van der Waals surface area (Å²) in [6.07, 6.45) is 9.00. The number of imide groups is 1. The zero-order valence-electron chi connectivity index (χ0n) is 52.3. The number of sulfonamides is 2. The molecule has 92 heavy (non-hydrogen) atoms. The monoisotopic (exact) mass is 1410 g/mol. The Bertz CT molecular complexity index is 3220. The molecule has 2 aliphatic rings. The second kappa shape index (κ2) is 40.2. The predicted molar refractivity (Wildman–Crippen MR) is 351 cm³/mol. The minimum Gasteiger partial charge on any atom is -0.479 e. The average molecular weight is 1410 g/mol. The van der Waals surface area contributed by atoms with Crippen LogP contribution in [0.15, 0.2) is 75.4 Å². The first-order chi connectivity index (χ1) is 43.3. The van der Waals surface area contributed by atoms with E-state index >= 15 is 0 Å². The number of halogens is 4. The molecule has 1 saturated carbocycles. The van der Waals surface area contributed by atoms with Crippen LogP contribution < -0.4 is 42.3 Å². The van der Waals surface area contributed by atoms with Crippen LogP contribution in [0.4, 0.5) is 0 Å². The molecular formula is C60H87Cl4N11O15S2. The van der Waals surface area contributed by atoms with Crippen molar-refractivity contribution >= 4 is 114 Å². The molecule has 0 aromatic heterocycles. The van der Waals surface area contributed by atoms with Crippen LogP contribution >= 0.6 is 46.4 Å². The highest BCUT2D eigenvalue weighted by Crippen LogP contribution is 2.35. The standard InChI is InChI=1S/C44H61Cl2N9O10S.C8H10Cl2N2O2S.C8H16O3/c1-28(2)26-37(38(56)41(59)48-23-24-50-66(64,65)30-20-21-34(45)35(46)27-30)52-40(58)36(19-13-22-49-44(47)53-55(62)63)51-39(57)31(29-14-8-9-15-29)16-7-5-3-4-6-12-25-54-42(60)32-17-10-11-18-33(32)43(54)61;9-7-2-1-6(5-8(7)10)15(13,14)12-4-3-11;1-5(2)4-6(3)7(9)8(10)11/h10-11,17-18,20-21,27-29,31,36-37,50H,3-9,12-16,19,22-26H2,1-2H3,(H,48,59)(H,51,57)(H,52,58)(H3,47,49,53);1-2,5,12H,3-4,11H2;5-7,9H,4H2,1-3H3,(H,10,11)/t31?,36-,37-;;6-,7?/m0.0/s1. The summed E-state index contributed by atoms with van der Waals surface area (Å²) in [7, 11) is -7.56. The Morgan fingerprint density at radius 1 is 0.696 bits per heavy atom. The van der Waals surface area contributed by atoms with Crippen molar-refractivity contribution in [2.24, 2.45) is 46.0 Å². The number of nitro groups is 1. The lowest BCUT2D eigenvalue weighted by molar-refractivity contribution is -0.525. The summed E-state index contributed by atoms with van der Waals surface area (Å²) in [5.74, 6) is -5.30. The molecule has 5 atom stereocenters. The molecule has 1 aliphatic heterocycles. The number of aliphatic imine (C=N–C) groups is 1. The molecule has 12 N–H and O–H groups in total. The number of unbranched alkanes of at least 4 members (excludes halogenated alkanes) is 5. The summed E-state index contributed by atoms with van der Waals surface area (Å²) in [4.78, 5) is 106. The van der Waals surface area contributed by atoms with E-state index in [9.17, 15) is 60.5 Å². The highest BCUT2D eigenvalue weighted by Gasteiger charge is 2.36. The molecule has 5 rings (SSSR count). The summed E-state index contributed by atoms with van der Waals surface area (Å²) in [5, 5.41) is 36.1. The van der Waals surface area contributed by atoms with Gasteiger partial charge in [-0.3, -0.25) is 33.7 Å². The fourth-order valence-electron chi connectivity index (χ4n) is 10.2. The molecule has 3 aromatic carbocycles. The molecule has 32 heteroatoms. The lowest BCUT2D eigenvalue weighted by Gasteiger charge is -2.27. The highest BCUT2D eigenvalue weighted by molar-refractivity contribution is 7.89. The molecule has 2 unspecified atom stereocenters. The van der Waals surface area contributed by atoms with Gasteiger partial charge < -0.3 is 37.6 Å². The fourth-order valence-corrected chi connectivity index (χ4v) is 13.1. The van der Waals surface area contributed by atoms with Gasteiger partial charge in [-0.25, -0.2) is 46.2 Å².